The van der Waals surface area contributed by atoms with E-state index in [2.05, 4.69) is 5.32 Å². The molecule has 0 saturated heterocycles. The molecule has 1 aromatic carbocycles. The number of benzene rings is 1. The quantitative estimate of drug-likeness (QED) is 0.874. The first-order valence-corrected chi connectivity index (χ1v) is 7.58. The molecule has 132 valence electrons. The second kappa shape index (κ2) is 6.22. The van der Waals surface area contributed by atoms with Gasteiger partial charge in [0, 0.05) is 12.8 Å². The number of rotatable bonds is 4. The molecule has 0 aromatic heterocycles. The smallest absolute Gasteiger partial charge is 0.408 e. The Morgan fingerprint density at radius 1 is 1.08 bits per heavy atom. The highest BCUT2D eigenvalue weighted by atomic mass is 16.6. The molecular formula is C17H23NO6. The summed E-state index contributed by atoms with van der Waals surface area (Å²) in [5, 5.41) is 12.2. The van der Waals surface area contributed by atoms with E-state index in [1.54, 1.807) is 32.9 Å². The first-order chi connectivity index (χ1) is 11.1. The summed E-state index contributed by atoms with van der Waals surface area (Å²) in [6.45, 7) is 5.16. The summed E-state index contributed by atoms with van der Waals surface area (Å²) >= 11 is 0. The van der Waals surface area contributed by atoms with Crippen molar-refractivity contribution in [1.29, 1.82) is 0 Å². The van der Waals surface area contributed by atoms with Gasteiger partial charge in [0.2, 0.25) is 0 Å². The van der Waals surface area contributed by atoms with Crippen molar-refractivity contribution in [3.05, 3.63) is 23.3 Å². The van der Waals surface area contributed by atoms with E-state index < -0.39 is 23.2 Å². The molecule has 0 fully saturated rings. The molecule has 0 atom stereocenters. The fourth-order valence-electron chi connectivity index (χ4n) is 2.80. The fraction of sp³-hybridized carbons (Fsp3) is 0.529. The highest BCUT2D eigenvalue weighted by molar-refractivity contribution is 5.86. The Kier molecular flexibility index (Phi) is 4.64. The third kappa shape index (κ3) is 3.55. The van der Waals surface area contributed by atoms with Crippen LogP contribution in [0.5, 0.6) is 11.5 Å². The summed E-state index contributed by atoms with van der Waals surface area (Å²) in [6.07, 6.45) is -0.453. The van der Waals surface area contributed by atoms with Crippen LogP contribution in [0.3, 0.4) is 0 Å². The highest BCUT2D eigenvalue weighted by Gasteiger charge is 2.46. The molecule has 1 aromatic rings. The molecule has 0 heterocycles. The molecule has 1 aliphatic rings. The number of amides is 1. The van der Waals surface area contributed by atoms with Gasteiger partial charge in [-0.15, -0.1) is 0 Å². The zero-order valence-electron chi connectivity index (χ0n) is 14.6. The Morgan fingerprint density at radius 2 is 1.54 bits per heavy atom. The lowest BCUT2D eigenvalue weighted by Gasteiger charge is -2.28. The van der Waals surface area contributed by atoms with E-state index in [0.29, 0.717) is 11.5 Å². The molecule has 0 unspecified atom stereocenters. The van der Waals surface area contributed by atoms with Gasteiger partial charge in [-0.25, -0.2) is 9.59 Å². The third-order valence-electron chi connectivity index (χ3n) is 3.84. The van der Waals surface area contributed by atoms with Gasteiger partial charge in [0.25, 0.3) is 0 Å². The first-order valence-electron chi connectivity index (χ1n) is 7.58. The van der Waals surface area contributed by atoms with E-state index in [4.69, 9.17) is 14.2 Å². The SMILES string of the molecule is COc1cc2c(cc1OC)CC(NC(=O)OC(C)(C)C)(C(=O)O)C2. The lowest BCUT2D eigenvalue weighted by Crippen LogP contribution is -2.56. The normalized spacial score (nSPS) is 15.4. The molecular weight excluding hydrogens is 314 g/mol. The van der Waals surface area contributed by atoms with Gasteiger partial charge in [0.05, 0.1) is 14.2 Å². The van der Waals surface area contributed by atoms with Crippen molar-refractivity contribution in [2.24, 2.45) is 0 Å². The second-order valence-electron chi connectivity index (χ2n) is 6.84. The first kappa shape index (κ1) is 17.9. The highest BCUT2D eigenvalue weighted by Crippen LogP contribution is 2.38. The summed E-state index contributed by atoms with van der Waals surface area (Å²) in [4.78, 5) is 23.9. The predicted octanol–water partition coefficient (Wildman–Crippen LogP) is 2.15. The lowest BCUT2D eigenvalue weighted by molar-refractivity contribution is -0.144. The number of ether oxygens (including phenoxy) is 3. The number of hydrogen-bond donors (Lipinski definition) is 2. The number of alkyl carbamates (subject to hydrolysis) is 1. The van der Waals surface area contributed by atoms with Crippen molar-refractivity contribution in [3.8, 4) is 11.5 Å². The third-order valence-corrected chi connectivity index (χ3v) is 3.84. The fourth-order valence-corrected chi connectivity index (χ4v) is 2.80. The van der Waals surface area contributed by atoms with Crippen molar-refractivity contribution in [2.75, 3.05) is 14.2 Å². The summed E-state index contributed by atoms with van der Waals surface area (Å²) < 4.78 is 15.7. The van der Waals surface area contributed by atoms with Crippen LogP contribution in [0.25, 0.3) is 0 Å². The van der Waals surface area contributed by atoms with Gasteiger partial charge in [-0.05, 0) is 44.0 Å². The zero-order valence-corrected chi connectivity index (χ0v) is 14.6. The van der Waals surface area contributed by atoms with E-state index in [0.717, 1.165) is 11.1 Å². The number of nitrogens with one attached hydrogen (secondary N) is 1. The Bertz CT molecular complexity index is 629. The minimum atomic E-state index is -1.44. The molecule has 7 nitrogen and oxygen atoms in total. The van der Waals surface area contributed by atoms with E-state index >= 15 is 0 Å². The molecule has 1 aliphatic carbocycles. The van der Waals surface area contributed by atoms with Crippen molar-refractivity contribution in [1.82, 2.24) is 5.32 Å². The van der Waals surface area contributed by atoms with E-state index in [1.165, 1.54) is 14.2 Å². The van der Waals surface area contributed by atoms with Crippen molar-refractivity contribution in [2.45, 2.75) is 44.8 Å². The van der Waals surface area contributed by atoms with Crippen LogP contribution < -0.4 is 14.8 Å². The number of carboxylic acid groups (broad SMARTS) is 1. The van der Waals surface area contributed by atoms with Crippen molar-refractivity contribution >= 4 is 12.1 Å². The minimum absolute atomic E-state index is 0.150. The standard InChI is InChI=1S/C17H23NO6/c1-16(2,3)24-15(21)18-17(14(19)20)8-10-6-12(22-4)13(23-5)7-11(10)9-17/h6-7H,8-9H2,1-5H3,(H,18,21)(H,19,20). The molecule has 7 heteroatoms. The molecule has 0 saturated carbocycles. The Morgan fingerprint density at radius 3 is 1.88 bits per heavy atom. The molecule has 0 radical (unpaired) electrons. The van der Waals surface area contributed by atoms with Crippen molar-refractivity contribution in [3.63, 3.8) is 0 Å². The number of carboxylic acids is 1. The van der Waals surface area contributed by atoms with Crippen LogP contribution in [0, 0.1) is 0 Å². The van der Waals surface area contributed by atoms with Crippen LogP contribution in [0.4, 0.5) is 4.79 Å². The molecule has 0 spiro atoms. The number of aliphatic carboxylic acids is 1. The number of hydrogen-bond acceptors (Lipinski definition) is 5. The van der Waals surface area contributed by atoms with Crippen LogP contribution >= 0.6 is 0 Å². The summed E-state index contributed by atoms with van der Waals surface area (Å²) in [7, 11) is 3.03. The van der Waals surface area contributed by atoms with Gasteiger partial charge < -0.3 is 24.6 Å². The molecule has 0 aliphatic heterocycles. The van der Waals surface area contributed by atoms with Gasteiger partial charge in [0.1, 0.15) is 11.1 Å². The average molecular weight is 337 g/mol. The maximum Gasteiger partial charge on any atom is 0.408 e. The number of carbonyl (C=O) groups is 2. The van der Waals surface area contributed by atoms with Crippen LogP contribution in [-0.4, -0.2) is 42.5 Å². The maximum absolute atomic E-state index is 12.1. The minimum Gasteiger partial charge on any atom is -0.493 e. The van der Waals surface area contributed by atoms with Crippen molar-refractivity contribution < 1.29 is 28.9 Å². The van der Waals surface area contributed by atoms with Gasteiger partial charge in [-0.1, -0.05) is 0 Å². The summed E-state index contributed by atoms with van der Waals surface area (Å²) in [5.41, 5.74) is -0.554. The summed E-state index contributed by atoms with van der Waals surface area (Å²) in [6, 6.07) is 3.49. The van der Waals surface area contributed by atoms with E-state index in [-0.39, 0.29) is 12.8 Å². The van der Waals surface area contributed by atoms with Crippen LogP contribution in [0.2, 0.25) is 0 Å². The monoisotopic (exact) mass is 337 g/mol. The molecule has 24 heavy (non-hydrogen) atoms. The van der Waals surface area contributed by atoms with Crippen LogP contribution in [-0.2, 0) is 22.4 Å². The maximum atomic E-state index is 12.1. The second-order valence-corrected chi connectivity index (χ2v) is 6.84. The number of methoxy groups -OCH3 is 2. The number of carbonyl (C=O) groups excluding carboxylic acids is 1. The van der Waals surface area contributed by atoms with Gasteiger partial charge >= 0.3 is 12.1 Å². The molecule has 1 amide bonds. The predicted molar refractivity (Wildman–Crippen MR) is 86.7 cm³/mol. The number of fused-ring (bicyclic) bond motifs is 1. The van der Waals surface area contributed by atoms with Gasteiger partial charge in [-0.2, -0.15) is 0 Å². The Hall–Kier alpha value is -2.44. The van der Waals surface area contributed by atoms with Gasteiger partial charge in [0.15, 0.2) is 11.5 Å². The average Bonchev–Trinajstić information content (AvgIpc) is 2.81. The van der Waals surface area contributed by atoms with E-state index in [9.17, 15) is 14.7 Å². The van der Waals surface area contributed by atoms with Crippen LogP contribution in [0.15, 0.2) is 12.1 Å². The molecule has 2 N–H and O–H groups in total. The Labute approximate surface area is 140 Å². The zero-order chi connectivity index (χ0) is 18.1. The topological polar surface area (TPSA) is 94.1 Å². The largest absolute Gasteiger partial charge is 0.493 e. The molecule has 0 bridgehead atoms. The van der Waals surface area contributed by atoms with Crippen LogP contribution in [0.1, 0.15) is 31.9 Å². The molecule has 2 rings (SSSR count). The summed E-state index contributed by atoms with van der Waals surface area (Å²) in [5.74, 6) is -0.0630. The lowest BCUT2D eigenvalue weighted by atomic mass is 9.96. The van der Waals surface area contributed by atoms with Gasteiger partial charge in [-0.3, -0.25) is 0 Å². The Balaban J connectivity index is 2.30. The van der Waals surface area contributed by atoms with E-state index in [1.807, 2.05) is 0 Å².